The molecule has 3 heteroatoms. The van der Waals surface area contributed by atoms with Gasteiger partial charge in [0.15, 0.2) is 0 Å². The molecule has 0 unspecified atom stereocenters. The summed E-state index contributed by atoms with van der Waals surface area (Å²) in [5, 5.41) is 0. The van der Waals surface area contributed by atoms with Gasteiger partial charge in [-0.1, -0.05) is 24.9 Å². The van der Waals surface area contributed by atoms with Crippen molar-refractivity contribution < 1.29 is 8.78 Å². The van der Waals surface area contributed by atoms with Gasteiger partial charge in [0.05, 0.1) is 0 Å². The summed E-state index contributed by atoms with van der Waals surface area (Å²) in [5.41, 5.74) is 0.0234. The van der Waals surface area contributed by atoms with E-state index in [9.17, 15) is 8.78 Å². The number of hydrogen-bond donors (Lipinski definition) is 0. The maximum atomic E-state index is 12.7. The lowest BCUT2D eigenvalue weighted by Crippen LogP contribution is -2.13. The molecular formula is C7H11F2I. The molecule has 0 aliphatic heterocycles. The summed E-state index contributed by atoms with van der Waals surface area (Å²) in [4.78, 5) is 0. The minimum atomic E-state index is -2.67. The van der Waals surface area contributed by atoms with Crippen molar-refractivity contribution in [1.82, 2.24) is 0 Å². The minimum Gasteiger partial charge on any atom is -0.190 e. The highest BCUT2D eigenvalue weighted by molar-refractivity contribution is 14.2. The van der Waals surface area contributed by atoms with Crippen LogP contribution in [0.25, 0.3) is 0 Å². The first kappa shape index (κ1) is 10.2. The van der Waals surface area contributed by atoms with Crippen molar-refractivity contribution in [2.45, 2.75) is 17.8 Å². The molecule has 0 aromatic rings. The molecule has 60 valence electrons. The van der Waals surface area contributed by atoms with Crippen molar-refractivity contribution >= 4 is 25.2 Å². The summed E-state index contributed by atoms with van der Waals surface area (Å²) in [6.07, 6.45) is 0. The summed E-state index contributed by atoms with van der Waals surface area (Å²) in [6.45, 7) is 6.77. The van der Waals surface area contributed by atoms with Gasteiger partial charge in [-0.15, -0.1) is 0 Å². The number of hydrogen-bond acceptors (Lipinski definition) is 0. The zero-order chi connectivity index (χ0) is 8.36. The lowest BCUT2D eigenvalue weighted by atomic mass is 10.1. The van der Waals surface area contributed by atoms with Gasteiger partial charge in [-0.2, -0.15) is 8.78 Å². The average Bonchev–Trinajstić information content (AvgIpc) is 1.86. The smallest absolute Gasteiger partial charge is 0.190 e. The van der Waals surface area contributed by atoms with Crippen LogP contribution in [0.2, 0.25) is 0 Å². The molecule has 0 N–H and O–H groups in total. The van der Waals surface area contributed by atoms with Crippen LogP contribution in [-0.2, 0) is 0 Å². The zero-order valence-corrected chi connectivity index (χ0v) is 8.28. The van der Waals surface area contributed by atoms with Crippen LogP contribution in [0, 0.1) is 5.92 Å². The van der Waals surface area contributed by atoms with Crippen LogP contribution in [0.3, 0.4) is 0 Å². The van der Waals surface area contributed by atoms with Gasteiger partial charge in [0.25, 0.3) is 0 Å². The molecular weight excluding hydrogens is 249 g/mol. The first-order valence-electron chi connectivity index (χ1n) is 2.88. The van der Waals surface area contributed by atoms with Crippen molar-refractivity contribution in [3.63, 3.8) is 0 Å². The first-order chi connectivity index (χ1) is 4.41. The molecule has 0 bridgehead atoms. The summed E-state index contributed by atoms with van der Waals surface area (Å²) >= 11 is -1.30. The van der Waals surface area contributed by atoms with Gasteiger partial charge in [0.1, 0.15) is 0 Å². The summed E-state index contributed by atoms with van der Waals surface area (Å²) in [6, 6.07) is 0. The Balaban J connectivity index is 4.33. The van der Waals surface area contributed by atoms with E-state index in [1.807, 2.05) is 0 Å². The zero-order valence-electron chi connectivity index (χ0n) is 6.13. The molecule has 0 fully saturated rings. The molecule has 0 aromatic heterocycles. The second-order valence-corrected chi connectivity index (χ2v) is 4.43. The van der Waals surface area contributed by atoms with Gasteiger partial charge in [-0.3, -0.25) is 0 Å². The highest BCUT2D eigenvalue weighted by Crippen LogP contribution is 2.37. The third-order valence-electron chi connectivity index (χ3n) is 1.23. The largest absolute Gasteiger partial charge is 0.312 e. The Morgan fingerprint density at radius 3 is 2.00 bits per heavy atom. The number of halogens is 3. The maximum Gasteiger partial charge on any atom is 0.312 e. The fourth-order valence-electron chi connectivity index (χ4n) is 0.413. The highest BCUT2D eigenvalue weighted by Gasteiger charge is 2.30. The quantitative estimate of drug-likeness (QED) is 0.415. The van der Waals surface area contributed by atoms with E-state index in [1.54, 1.807) is 13.8 Å². The molecule has 0 spiro atoms. The van der Waals surface area contributed by atoms with Crippen LogP contribution in [0.1, 0.15) is 13.8 Å². The predicted octanol–water partition coefficient (Wildman–Crippen LogP) is 3.19. The first-order valence-corrected chi connectivity index (χ1v) is 5.49. The van der Waals surface area contributed by atoms with E-state index in [-0.39, 0.29) is 11.5 Å². The Kier molecular flexibility index (Phi) is 3.62. The molecule has 0 saturated carbocycles. The van der Waals surface area contributed by atoms with Crippen molar-refractivity contribution in [2.24, 2.45) is 5.92 Å². The van der Waals surface area contributed by atoms with Gasteiger partial charge < -0.3 is 0 Å². The Morgan fingerprint density at radius 1 is 1.50 bits per heavy atom. The van der Waals surface area contributed by atoms with Crippen LogP contribution in [0.4, 0.5) is 8.78 Å². The normalized spacial score (nSPS) is 12.1. The molecule has 0 aliphatic rings. The molecule has 0 radical (unpaired) electrons. The maximum absolute atomic E-state index is 12.7. The molecule has 10 heavy (non-hydrogen) atoms. The average molecular weight is 260 g/mol. The lowest BCUT2D eigenvalue weighted by molar-refractivity contribution is 0.158. The van der Waals surface area contributed by atoms with Crippen molar-refractivity contribution in [3.8, 4) is 0 Å². The highest BCUT2D eigenvalue weighted by atomic mass is 127. The second kappa shape index (κ2) is 3.55. The van der Waals surface area contributed by atoms with Crippen LogP contribution in [-0.4, -0.2) is 8.44 Å². The van der Waals surface area contributed by atoms with Gasteiger partial charge in [-0.25, -0.2) is 0 Å². The van der Waals surface area contributed by atoms with E-state index in [2.05, 4.69) is 11.1 Å². The van der Waals surface area contributed by atoms with E-state index in [0.717, 1.165) is 0 Å². The van der Waals surface area contributed by atoms with Crippen LogP contribution >= 0.6 is 20.7 Å². The number of alkyl halides is 3. The third-order valence-corrected chi connectivity index (χ3v) is 2.88. The van der Waals surface area contributed by atoms with Gasteiger partial charge in [0.2, 0.25) is 0 Å². The summed E-state index contributed by atoms with van der Waals surface area (Å²) in [7, 11) is 0. The van der Waals surface area contributed by atoms with E-state index < -0.39 is 24.7 Å². The molecule has 0 saturated heterocycles. The van der Waals surface area contributed by atoms with Gasteiger partial charge in [0, 0.05) is 5.57 Å². The molecule has 0 aromatic carbocycles. The molecule has 0 rings (SSSR count). The summed E-state index contributed by atoms with van der Waals surface area (Å²) < 4.78 is 26.0. The van der Waals surface area contributed by atoms with E-state index in [0.29, 0.717) is 0 Å². The topological polar surface area (TPSA) is 0 Å². The molecule has 0 heterocycles. The lowest BCUT2D eigenvalue weighted by Gasteiger charge is -2.16. The fraction of sp³-hybridized carbons (Fsp3) is 0.571. The van der Waals surface area contributed by atoms with Crippen LogP contribution in [0.15, 0.2) is 12.2 Å². The Labute approximate surface area is 70.1 Å². The Morgan fingerprint density at radius 2 is 1.90 bits per heavy atom. The standard InChI is InChI=1S/C7H11F2I/c1-5(2)6(3)7(8,9)10-4/h5H,3-4H2,1-2H3. The summed E-state index contributed by atoms with van der Waals surface area (Å²) in [5.74, 6) is -0.142. The molecule has 0 atom stereocenters. The second-order valence-electron chi connectivity index (χ2n) is 2.31. The van der Waals surface area contributed by atoms with Gasteiger partial charge in [-0.05, 0) is 26.6 Å². The Bertz CT molecular complexity index is 150. The van der Waals surface area contributed by atoms with E-state index >= 15 is 0 Å². The third kappa shape index (κ3) is 2.44. The van der Waals surface area contributed by atoms with Crippen molar-refractivity contribution in [2.75, 3.05) is 0 Å². The van der Waals surface area contributed by atoms with Crippen LogP contribution < -0.4 is 0 Å². The number of allylic oxidation sites excluding steroid dienone is 1. The Hall–Kier alpha value is 0.200. The molecule has 0 nitrogen and oxygen atoms in total. The van der Waals surface area contributed by atoms with Crippen molar-refractivity contribution in [1.29, 1.82) is 0 Å². The van der Waals surface area contributed by atoms with Crippen LogP contribution in [0.5, 0.6) is 0 Å². The van der Waals surface area contributed by atoms with E-state index in [1.165, 1.54) is 0 Å². The SMILES string of the molecule is C=IC(F)(F)C(=C)C(C)C. The predicted molar refractivity (Wildman–Crippen MR) is 50.1 cm³/mol. The van der Waals surface area contributed by atoms with Gasteiger partial charge >= 0.3 is 3.93 Å². The van der Waals surface area contributed by atoms with E-state index in [4.69, 9.17) is 0 Å². The minimum absolute atomic E-state index is 0.0234. The monoisotopic (exact) mass is 260 g/mol. The molecule has 0 aliphatic carbocycles. The van der Waals surface area contributed by atoms with Crippen molar-refractivity contribution in [3.05, 3.63) is 12.2 Å². The fourth-order valence-corrected chi connectivity index (χ4v) is 1.53. The number of rotatable bonds is 3. The molecule has 0 amide bonds.